The van der Waals surface area contributed by atoms with Crippen LogP contribution in [0.3, 0.4) is 0 Å². The van der Waals surface area contributed by atoms with E-state index in [2.05, 4.69) is 15.6 Å². The lowest BCUT2D eigenvalue weighted by Crippen LogP contribution is -2.34. The molecule has 0 spiro atoms. The summed E-state index contributed by atoms with van der Waals surface area (Å²) in [6.07, 6.45) is 15.1. The van der Waals surface area contributed by atoms with Crippen LogP contribution in [0.5, 0.6) is 0 Å². The van der Waals surface area contributed by atoms with Crippen molar-refractivity contribution in [2.75, 3.05) is 11.9 Å². The van der Waals surface area contributed by atoms with E-state index < -0.39 is 0 Å². The van der Waals surface area contributed by atoms with Gasteiger partial charge in [-0.1, -0.05) is 43.5 Å². The van der Waals surface area contributed by atoms with Gasteiger partial charge >= 0.3 is 0 Å². The zero-order chi connectivity index (χ0) is 24.9. The largest absolute Gasteiger partial charge is 0.362 e. The van der Waals surface area contributed by atoms with Crippen LogP contribution >= 0.6 is 0 Å². The van der Waals surface area contributed by atoms with Crippen LogP contribution in [0.15, 0.2) is 65.7 Å². The van der Waals surface area contributed by atoms with E-state index in [9.17, 15) is 14.4 Å². The molecule has 36 heavy (non-hydrogen) atoms. The molecule has 0 saturated heterocycles. The minimum atomic E-state index is -0.372. The molecule has 3 heterocycles. The third kappa shape index (κ3) is 5.25. The van der Waals surface area contributed by atoms with Gasteiger partial charge in [-0.3, -0.25) is 14.4 Å². The summed E-state index contributed by atoms with van der Waals surface area (Å²) in [5.41, 5.74) is 3.93. The van der Waals surface area contributed by atoms with Crippen molar-refractivity contribution in [1.82, 2.24) is 14.9 Å². The smallest absolute Gasteiger partial charge is 0.263 e. The Labute approximate surface area is 209 Å². The second-order valence-corrected chi connectivity index (χ2v) is 9.44. The van der Waals surface area contributed by atoms with Gasteiger partial charge in [-0.15, -0.1) is 0 Å². The van der Waals surface area contributed by atoms with Gasteiger partial charge in [0.05, 0.1) is 5.57 Å². The van der Waals surface area contributed by atoms with E-state index in [1.165, 1.54) is 19.3 Å². The first-order chi connectivity index (χ1) is 17.6. The number of carbonyl (C=O) groups is 2. The number of hydrogen-bond acceptors (Lipinski definition) is 3. The Morgan fingerprint density at radius 1 is 1.08 bits per heavy atom. The normalized spacial score (nSPS) is 16.9. The highest BCUT2D eigenvalue weighted by atomic mass is 16.2. The van der Waals surface area contributed by atoms with E-state index in [1.807, 2.05) is 54.8 Å². The molecule has 1 aromatic carbocycles. The highest BCUT2D eigenvalue weighted by Crippen LogP contribution is 2.34. The number of carbonyl (C=O) groups excluding carboxylic acids is 2. The van der Waals surface area contributed by atoms with Crippen LogP contribution in [0.4, 0.5) is 5.69 Å². The Kier molecular flexibility index (Phi) is 6.98. The fraction of sp³-hybridized carbons (Fsp3) is 0.276. The van der Waals surface area contributed by atoms with Gasteiger partial charge in [0.25, 0.3) is 17.4 Å². The molecule has 0 atom stereocenters. The molecule has 1 saturated carbocycles. The van der Waals surface area contributed by atoms with Crippen LogP contribution in [-0.4, -0.2) is 27.9 Å². The summed E-state index contributed by atoms with van der Waals surface area (Å²) in [5, 5.41) is 5.72. The predicted octanol–water partition coefficient (Wildman–Crippen LogP) is 4.69. The molecule has 0 bridgehead atoms. The number of amides is 2. The number of H-pyrrole nitrogens is 1. The number of aromatic nitrogens is 2. The molecule has 2 amide bonds. The molecule has 184 valence electrons. The van der Waals surface area contributed by atoms with Crippen LogP contribution < -0.4 is 16.2 Å². The van der Waals surface area contributed by atoms with E-state index in [-0.39, 0.29) is 29.5 Å². The first kappa shape index (κ1) is 23.6. The van der Waals surface area contributed by atoms with E-state index in [0.29, 0.717) is 18.0 Å². The molecule has 3 N–H and O–H groups in total. The zero-order valence-electron chi connectivity index (χ0n) is 20.1. The molecular weight excluding hydrogens is 452 g/mol. The predicted molar refractivity (Wildman–Crippen MR) is 142 cm³/mol. The second-order valence-electron chi connectivity index (χ2n) is 9.44. The van der Waals surface area contributed by atoms with Crippen LogP contribution in [0.1, 0.15) is 59.3 Å². The van der Waals surface area contributed by atoms with Crippen molar-refractivity contribution in [1.29, 1.82) is 0 Å². The fourth-order valence-corrected chi connectivity index (χ4v) is 4.99. The highest BCUT2D eigenvalue weighted by molar-refractivity contribution is 6.34. The number of benzene rings is 1. The molecule has 0 unspecified atom stereocenters. The monoisotopic (exact) mass is 482 g/mol. The molecule has 1 aliphatic carbocycles. The van der Waals surface area contributed by atoms with Gasteiger partial charge in [0.2, 0.25) is 0 Å². The Morgan fingerprint density at radius 2 is 1.94 bits per heavy atom. The van der Waals surface area contributed by atoms with E-state index in [1.54, 1.807) is 22.9 Å². The lowest BCUT2D eigenvalue weighted by atomic mass is 9.89. The van der Waals surface area contributed by atoms with E-state index in [0.717, 1.165) is 35.3 Å². The SMILES string of the molecule is O=C1Nc2cc(/C=C/CNC(=O)c3cccn(CC4CCCCC4)c3=O)ccc2C1=Cc1ccc[nH]1. The summed E-state index contributed by atoms with van der Waals surface area (Å²) < 4.78 is 1.68. The second kappa shape index (κ2) is 10.6. The maximum atomic E-state index is 12.8. The third-order valence-electron chi connectivity index (χ3n) is 6.88. The van der Waals surface area contributed by atoms with Gasteiger partial charge in [-0.2, -0.15) is 0 Å². The number of nitrogens with zero attached hydrogens (tertiary/aromatic N) is 1. The van der Waals surface area contributed by atoms with Gasteiger partial charge in [0, 0.05) is 42.4 Å². The Bertz CT molecular complexity index is 1380. The van der Waals surface area contributed by atoms with Crippen molar-refractivity contribution in [2.45, 2.75) is 38.6 Å². The average Bonchev–Trinajstić information content (AvgIpc) is 3.51. The minimum absolute atomic E-state index is 0.134. The quantitative estimate of drug-likeness (QED) is 0.426. The van der Waals surface area contributed by atoms with E-state index in [4.69, 9.17) is 0 Å². The van der Waals surface area contributed by atoms with Crippen molar-refractivity contribution >= 4 is 35.2 Å². The number of aromatic amines is 1. The number of anilines is 1. The summed E-state index contributed by atoms with van der Waals surface area (Å²) in [6.45, 7) is 0.966. The summed E-state index contributed by atoms with van der Waals surface area (Å²) in [5.74, 6) is 0.00259. The van der Waals surface area contributed by atoms with Crippen LogP contribution in [-0.2, 0) is 11.3 Å². The maximum Gasteiger partial charge on any atom is 0.263 e. The molecule has 7 nitrogen and oxygen atoms in total. The van der Waals surface area contributed by atoms with Crippen LogP contribution in [0, 0.1) is 5.92 Å². The molecule has 1 fully saturated rings. The molecule has 5 rings (SSSR count). The number of hydrogen-bond donors (Lipinski definition) is 3. The molecular formula is C29H30N4O3. The van der Waals surface area contributed by atoms with Gasteiger partial charge in [-0.25, -0.2) is 0 Å². The lowest BCUT2D eigenvalue weighted by Gasteiger charge is -2.22. The van der Waals surface area contributed by atoms with Gasteiger partial charge in [0.15, 0.2) is 0 Å². The van der Waals surface area contributed by atoms with E-state index >= 15 is 0 Å². The van der Waals surface area contributed by atoms with Gasteiger partial charge in [0.1, 0.15) is 5.56 Å². The average molecular weight is 483 g/mol. The maximum absolute atomic E-state index is 12.8. The van der Waals surface area contributed by atoms with Crippen molar-refractivity contribution in [3.8, 4) is 0 Å². The highest BCUT2D eigenvalue weighted by Gasteiger charge is 2.24. The number of nitrogens with one attached hydrogen (secondary N) is 3. The zero-order valence-corrected chi connectivity index (χ0v) is 20.1. The Balaban J connectivity index is 1.20. The lowest BCUT2D eigenvalue weighted by molar-refractivity contribution is -0.110. The Hall–Kier alpha value is -4.13. The first-order valence-corrected chi connectivity index (χ1v) is 12.5. The fourth-order valence-electron chi connectivity index (χ4n) is 4.99. The molecule has 7 heteroatoms. The molecule has 0 radical (unpaired) electrons. The summed E-state index contributed by atoms with van der Waals surface area (Å²) in [6, 6.07) is 12.9. The summed E-state index contributed by atoms with van der Waals surface area (Å²) in [7, 11) is 0. The number of pyridine rings is 1. The third-order valence-corrected chi connectivity index (χ3v) is 6.88. The molecule has 3 aromatic rings. The van der Waals surface area contributed by atoms with Gasteiger partial charge < -0.3 is 20.2 Å². The standard InChI is InChI=1S/C29H30N4O3/c34-27(24-11-6-16-33(29(24)36)19-21-7-2-1-3-8-21)31-15-4-9-20-12-13-23-25(18-22-10-5-14-30-22)28(35)32-26(23)17-20/h4-6,9-14,16-18,21,30H,1-3,7-8,15,19H2,(H,31,34)(H,32,35)/b9-4+,25-18?. The van der Waals surface area contributed by atoms with Crippen molar-refractivity contribution in [3.05, 3.63) is 93.7 Å². The topological polar surface area (TPSA) is 96.0 Å². The van der Waals surface area contributed by atoms with Crippen molar-refractivity contribution in [3.63, 3.8) is 0 Å². The molecule has 1 aliphatic heterocycles. The molecule has 2 aliphatic rings. The van der Waals surface area contributed by atoms with Crippen molar-refractivity contribution < 1.29 is 9.59 Å². The van der Waals surface area contributed by atoms with Crippen LogP contribution in [0.25, 0.3) is 17.7 Å². The van der Waals surface area contributed by atoms with Gasteiger partial charge in [-0.05, 0) is 60.7 Å². The van der Waals surface area contributed by atoms with Crippen LogP contribution in [0.2, 0.25) is 0 Å². The Morgan fingerprint density at radius 3 is 2.75 bits per heavy atom. The van der Waals surface area contributed by atoms with Crippen molar-refractivity contribution in [2.24, 2.45) is 5.92 Å². The summed E-state index contributed by atoms with van der Waals surface area (Å²) >= 11 is 0. The molecule has 2 aromatic heterocycles. The first-order valence-electron chi connectivity index (χ1n) is 12.5. The summed E-state index contributed by atoms with van der Waals surface area (Å²) in [4.78, 5) is 41.0. The minimum Gasteiger partial charge on any atom is -0.362 e. The number of rotatable bonds is 7. The number of fused-ring (bicyclic) bond motifs is 1.